The Morgan fingerprint density at radius 2 is 1.70 bits per heavy atom. The molecule has 0 heterocycles. The molecule has 0 aliphatic rings. The van der Waals surface area contributed by atoms with Gasteiger partial charge in [-0.15, -0.1) is 0 Å². The van der Waals surface area contributed by atoms with Gasteiger partial charge in [0.25, 0.3) is 0 Å². The van der Waals surface area contributed by atoms with Crippen LogP contribution >= 0.6 is 23.8 Å². The van der Waals surface area contributed by atoms with E-state index >= 15 is 0 Å². The van der Waals surface area contributed by atoms with Crippen LogP contribution in [0.4, 0.5) is 0 Å². The van der Waals surface area contributed by atoms with Gasteiger partial charge in [0.2, 0.25) is 5.91 Å². The van der Waals surface area contributed by atoms with Crippen LogP contribution in [0.2, 0.25) is 5.02 Å². The second-order valence-corrected chi connectivity index (χ2v) is 7.26. The lowest BCUT2D eigenvalue weighted by atomic mass is 9.88. The molecular weight excluding hydrogens is 382 g/mol. The summed E-state index contributed by atoms with van der Waals surface area (Å²) in [5, 5.41) is 4.04. The van der Waals surface area contributed by atoms with Crippen molar-refractivity contribution in [1.82, 2.24) is 16.2 Å². The average Bonchev–Trinajstić information content (AvgIpc) is 2.66. The van der Waals surface area contributed by atoms with E-state index in [2.05, 4.69) is 16.2 Å². The summed E-state index contributed by atoms with van der Waals surface area (Å²) in [7, 11) is 1.63. The fourth-order valence-corrected chi connectivity index (χ4v) is 2.92. The maximum Gasteiger partial charge on any atom is 0.246 e. The number of benzene rings is 2. The molecule has 1 amide bonds. The minimum atomic E-state index is -0.306. The largest absolute Gasteiger partial charge is 0.497 e. The predicted octanol–water partition coefficient (Wildman–Crippen LogP) is 3.78. The van der Waals surface area contributed by atoms with Crippen LogP contribution in [0, 0.1) is 5.92 Å². The third kappa shape index (κ3) is 6.41. The monoisotopic (exact) mass is 405 g/mol. The summed E-state index contributed by atoms with van der Waals surface area (Å²) in [6, 6.07) is 15.0. The number of ether oxygens (including phenoxy) is 1. The third-order valence-corrected chi connectivity index (χ3v) is 4.59. The van der Waals surface area contributed by atoms with E-state index in [0.717, 1.165) is 16.9 Å². The zero-order chi connectivity index (χ0) is 19.8. The molecule has 0 aromatic heterocycles. The zero-order valence-electron chi connectivity index (χ0n) is 15.6. The van der Waals surface area contributed by atoms with Crippen LogP contribution in [-0.2, 0) is 11.3 Å². The number of nitrogens with one attached hydrogen (secondary N) is 3. The second kappa shape index (κ2) is 10.1. The molecule has 144 valence electrons. The van der Waals surface area contributed by atoms with E-state index in [9.17, 15) is 4.79 Å². The van der Waals surface area contributed by atoms with Crippen LogP contribution in [0.5, 0.6) is 5.75 Å². The summed E-state index contributed by atoms with van der Waals surface area (Å²) in [5.41, 5.74) is 7.40. The van der Waals surface area contributed by atoms with E-state index in [4.69, 9.17) is 28.6 Å². The lowest BCUT2D eigenvalue weighted by molar-refractivity contribution is -0.124. The highest BCUT2D eigenvalue weighted by Gasteiger charge is 2.24. The van der Waals surface area contributed by atoms with Crippen molar-refractivity contribution in [2.75, 3.05) is 7.11 Å². The van der Waals surface area contributed by atoms with E-state index in [0.29, 0.717) is 16.7 Å². The third-order valence-electron chi connectivity index (χ3n) is 4.09. The molecule has 0 radical (unpaired) electrons. The molecule has 5 nitrogen and oxygen atoms in total. The maximum atomic E-state index is 12.6. The number of hydrogen-bond donors (Lipinski definition) is 3. The van der Waals surface area contributed by atoms with E-state index in [1.165, 1.54) is 0 Å². The number of hydrogen-bond acceptors (Lipinski definition) is 3. The second-order valence-electron chi connectivity index (χ2n) is 6.42. The summed E-state index contributed by atoms with van der Waals surface area (Å²) in [6.45, 7) is 4.54. The molecule has 2 aromatic carbocycles. The van der Waals surface area contributed by atoms with Gasteiger partial charge in [0.1, 0.15) is 5.75 Å². The van der Waals surface area contributed by atoms with Gasteiger partial charge in [-0.3, -0.25) is 15.6 Å². The quantitative estimate of drug-likeness (QED) is 0.504. The molecule has 2 rings (SSSR count). The number of carbonyl (C=O) groups is 1. The fourth-order valence-electron chi connectivity index (χ4n) is 2.68. The van der Waals surface area contributed by atoms with Crippen LogP contribution in [-0.4, -0.2) is 18.1 Å². The number of rotatable bonds is 6. The maximum absolute atomic E-state index is 12.6. The lowest BCUT2D eigenvalue weighted by Crippen LogP contribution is -2.48. The molecule has 7 heteroatoms. The van der Waals surface area contributed by atoms with Gasteiger partial charge in [0, 0.05) is 11.6 Å². The summed E-state index contributed by atoms with van der Waals surface area (Å²) in [4.78, 5) is 12.6. The standard InChI is InChI=1S/C20H24ClN3O2S/c1-13(2)18(15-6-8-16(21)9-7-15)19(25)23-24-20(27)22-12-14-4-10-17(26-3)11-5-14/h4-11,13,18H,12H2,1-3H3,(H,23,25)(H2,22,24,27)/t18-/m1/s1. The molecule has 2 aromatic rings. The van der Waals surface area contributed by atoms with Gasteiger partial charge in [0.05, 0.1) is 13.0 Å². The van der Waals surface area contributed by atoms with Crippen molar-refractivity contribution < 1.29 is 9.53 Å². The van der Waals surface area contributed by atoms with Crippen LogP contribution in [0.3, 0.4) is 0 Å². The van der Waals surface area contributed by atoms with Crippen LogP contribution in [0.1, 0.15) is 30.9 Å². The molecule has 0 fully saturated rings. The van der Waals surface area contributed by atoms with Gasteiger partial charge in [-0.2, -0.15) is 0 Å². The Morgan fingerprint density at radius 1 is 1.07 bits per heavy atom. The van der Waals surface area contributed by atoms with Gasteiger partial charge in [0.15, 0.2) is 5.11 Å². The SMILES string of the molecule is COc1ccc(CNC(=S)NNC(=O)[C@@H](c2ccc(Cl)cc2)C(C)C)cc1. The van der Waals surface area contributed by atoms with E-state index < -0.39 is 0 Å². The van der Waals surface area contributed by atoms with Gasteiger partial charge < -0.3 is 10.1 Å². The summed E-state index contributed by atoms with van der Waals surface area (Å²) < 4.78 is 5.13. The van der Waals surface area contributed by atoms with E-state index in [1.54, 1.807) is 19.2 Å². The number of halogens is 1. The minimum Gasteiger partial charge on any atom is -0.497 e. The highest BCUT2D eigenvalue weighted by atomic mass is 35.5. The molecule has 0 aliphatic heterocycles. The summed E-state index contributed by atoms with van der Waals surface area (Å²) >= 11 is 11.2. The zero-order valence-corrected chi connectivity index (χ0v) is 17.2. The van der Waals surface area contributed by atoms with Crippen molar-refractivity contribution in [3.63, 3.8) is 0 Å². The number of thiocarbonyl (C=S) groups is 1. The van der Waals surface area contributed by atoms with E-state index in [-0.39, 0.29) is 17.7 Å². The Hall–Kier alpha value is -2.31. The summed E-state index contributed by atoms with van der Waals surface area (Å²) in [6.07, 6.45) is 0. The average molecular weight is 406 g/mol. The summed E-state index contributed by atoms with van der Waals surface area (Å²) in [5.74, 6) is 0.461. The number of carbonyl (C=O) groups excluding carboxylic acids is 1. The molecule has 0 saturated heterocycles. The lowest BCUT2D eigenvalue weighted by Gasteiger charge is -2.21. The van der Waals surface area contributed by atoms with Gasteiger partial charge in [-0.25, -0.2) is 0 Å². The number of hydrazine groups is 1. The fraction of sp³-hybridized carbons (Fsp3) is 0.300. The minimum absolute atomic E-state index is 0.119. The molecule has 0 bridgehead atoms. The van der Waals surface area contributed by atoms with Crippen molar-refractivity contribution >= 4 is 34.8 Å². The molecule has 0 unspecified atom stereocenters. The first-order valence-corrected chi connectivity index (χ1v) is 9.41. The van der Waals surface area contributed by atoms with Crippen molar-refractivity contribution in [3.8, 4) is 5.75 Å². The molecule has 27 heavy (non-hydrogen) atoms. The van der Waals surface area contributed by atoms with Crippen LogP contribution < -0.4 is 20.9 Å². The van der Waals surface area contributed by atoms with E-state index in [1.807, 2.05) is 50.2 Å². The molecule has 1 atom stereocenters. The predicted molar refractivity (Wildman–Crippen MR) is 113 cm³/mol. The number of methoxy groups -OCH3 is 1. The van der Waals surface area contributed by atoms with Gasteiger partial charge in [-0.05, 0) is 53.5 Å². The van der Waals surface area contributed by atoms with Crippen molar-refractivity contribution in [1.29, 1.82) is 0 Å². The normalized spacial score (nSPS) is 11.6. The first-order chi connectivity index (χ1) is 12.9. The van der Waals surface area contributed by atoms with Crippen molar-refractivity contribution in [3.05, 3.63) is 64.7 Å². The number of amides is 1. The molecule has 3 N–H and O–H groups in total. The van der Waals surface area contributed by atoms with Crippen LogP contribution in [0.15, 0.2) is 48.5 Å². The Morgan fingerprint density at radius 3 is 2.26 bits per heavy atom. The molecule has 0 saturated carbocycles. The Kier molecular flexibility index (Phi) is 7.88. The first-order valence-electron chi connectivity index (χ1n) is 8.62. The molecular formula is C20H24ClN3O2S. The first kappa shape index (κ1) is 21.0. The van der Waals surface area contributed by atoms with Crippen molar-refractivity contribution in [2.24, 2.45) is 5.92 Å². The van der Waals surface area contributed by atoms with Gasteiger partial charge in [-0.1, -0.05) is 49.7 Å². The smallest absolute Gasteiger partial charge is 0.246 e. The highest BCUT2D eigenvalue weighted by Crippen LogP contribution is 2.25. The Labute approximate surface area is 170 Å². The Bertz CT molecular complexity index is 764. The Balaban J connectivity index is 1.86. The molecule has 0 aliphatic carbocycles. The van der Waals surface area contributed by atoms with Gasteiger partial charge >= 0.3 is 0 Å². The highest BCUT2D eigenvalue weighted by molar-refractivity contribution is 7.80. The van der Waals surface area contributed by atoms with Crippen LogP contribution in [0.25, 0.3) is 0 Å². The van der Waals surface area contributed by atoms with Crippen molar-refractivity contribution in [2.45, 2.75) is 26.3 Å². The molecule has 0 spiro atoms. The topological polar surface area (TPSA) is 62.4 Å².